The summed E-state index contributed by atoms with van der Waals surface area (Å²) in [6.45, 7) is 2.54. The van der Waals surface area contributed by atoms with E-state index < -0.39 is 0 Å². The minimum atomic E-state index is -0.104. The van der Waals surface area contributed by atoms with Crippen LogP contribution in [-0.2, 0) is 4.74 Å². The second-order valence-corrected chi connectivity index (χ2v) is 4.15. The fourth-order valence-corrected chi connectivity index (χ4v) is 2.47. The van der Waals surface area contributed by atoms with E-state index in [1.807, 2.05) is 0 Å². The summed E-state index contributed by atoms with van der Waals surface area (Å²) in [6, 6.07) is 0.393. The lowest BCUT2D eigenvalue weighted by molar-refractivity contribution is -0.00438. The van der Waals surface area contributed by atoms with Crippen LogP contribution in [0.15, 0.2) is 0 Å². The van der Waals surface area contributed by atoms with Gasteiger partial charge >= 0.3 is 0 Å². The van der Waals surface area contributed by atoms with Crippen molar-refractivity contribution in [3.05, 3.63) is 0 Å². The third kappa shape index (κ3) is 2.22. The van der Waals surface area contributed by atoms with E-state index >= 15 is 0 Å². The summed E-state index contributed by atoms with van der Waals surface area (Å²) in [5, 5.41) is 13.3. The Morgan fingerprint density at radius 3 is 2.77 bits per heavy atom. The van der Waals surface area contributed by atoms with Crippen molar-refractivity contribution in [1.82, 2.24) is 5.32 Å². The highest BCUT2D eigenvalue weighted by molar-refractivity contribution is 4.86. The minimum Gasteiger partial charge on any atom is -0.393 e. The first-order valence-corrected chi connectivity index (χ1v) is 5.37. The van der Waals surface area contributed by atoms with E-state index in [1.165, 1.54) is 12.8 Å². The zero-order chi connectivity index (χ0) is 9.10. The minimum absolute atomic E-state index is 0.104. The Bertz CT molecular complexity index is 157. The molecular weight excluding hydrogens is 166 g/mol. The molecule has 1 aliphatic carbocycles. The monoisotopic (exact) mass is 185 g/mol. The van der Waals surface area contributed by atoms with Crippen LogP contribution in [0.1, 0.15) is 25.7 Å². The average molecular weight is 185 g/mol. The molecule has 1 heterocycles. The molecule has 3 unspecified atom stereocenters. The lowest BCUT2D eigenvalue weighted by atomic mass is 9.81. The molecule has 0 radical (unpaired) electrons. The summed E-state index contributed by atoms with van der Waals surface area (Å²) < 4.78 is 5.41. The van der Waals surface area contributed by atoms with E-state index in [0.717, 1.165) is 32.6 Å². The predicted octanol–water partition coefficient (Wildman–Crippen LogP) is 0.526. The van der Waals surface area contributed by atoms with E-state index in [2.05, 4.69) is 5.32 Å². The zero-order valence-corrected chi connectivity index (χ0v) is 8.04. The molecule has 2 aliphatic rings. The highest BCUT2D eigenvalue weighted by atomic mass is 16.5. The molecule has 1 aliphatic heterocycles. The van der Waals surface area contributed by atoms with E-state index in [-0.39, 0.29) is 6.10 Å². The summed E-state index contributed by atoms with van der Waals surface area (Å²) >= 11 is 0. The molecule has 3 nitrogen and oxygen atoms in total. The van der Waals surface area contributed by atoms with Gasteiger partial charge in [-0.25, -0.2) is 0 Å². The van der Waals surface area contributed by atoms with Crippen LogP contribution in [-0.4, -0.2) is 37.0 Å². The summed E-state index contributed by atoms with van der Waals surface area (Å²) in [5.41, 5.74) is 0. The number of nitrogens with one attached hydrogen (secondary N) is 1. The van der Waals surface area contributed by atoms with Crippen LogP contribution in [0.2, 0.25) is 0 Å². The third-order valence-corrected chi connectivity index (χ3v) is 3.25. The summed E-state index contributed by atoms with van der Waals surface area (Å²) in [5.74, 6) is 0.425. The molecule has 2 rings (SSSR count). The van der Waals surface area contributed by atoms with Gasteiger partial charge in [-0.2, -0.15) is 0 Å². The van der Waals surface area contributed by atoms with Crippen LogP contribution in [0.5, 0.6) is 0 Å². The van der Waals surface area contributed by atoms with E-state index in [4.69, 9.17) is 4.74 Å². The van der Waals surface area contributed by atoms with Gasteiger partial charge in [-0.05, 0) is 12.8 Å². The third-order valence-electron chi connectivity index (χ3n) is 3.25. The Morgan fingerprint density at radius 2 is 2.08 bits per heavy atom. The molecule has 0 aromatic heterocycles. The molecule has 0 amide bonds. The maximum atomic E-state index is 9.83. The zero-order valence-electron chi connectivity index (χ0n) is 8.04. The van der Waals surface area contributed by atoms with Crippen molar-refractivity contribution in [2.24, 2.45) is 5.92 Å². The Balaban J connectivity index is 1.88. The number of aliphatic hydroxyl groups excluding tert-OH is 1. The normalized spacial score (nSPS) is 41.8. The molecule has 0 aromatic carbocycles. The van der Waals surface area contributed by atoms with Gasteiger partial charge in [0, 0.05) is 18.5 Å². The Morgan fingerprint density at radius 1 is 1.23 bits per heavy atom. The van der Waals surface area contributed by atoms with Crippen LogP contribution < -0.4 is 5.32 Å². The Kier molecular flexibility index (Phi) is 3.19. The van der Waals surface area contributed by atoms with Gasteiger partial charge in [-0.15, -0.1) is 0 Å². The quantitative estimate of drug-likeness (QED) is 0.626. The van der Waals surface area contributed by atoms with Crippen molar-refractivity contribution >= 4 is 0 Å². The van der Waals surface area contributed by atoms with Gasteiger partial charge in [-0.3, -0.25) is 0 Å². The Labute approximate surface area is 79.5 Å². The number of ether oxygens (including phenoxy) is 1. The molecule has 0 spiro atoms. The summed E-state index contributed by atoms with van der Waals surface area (Å²) in [7, 11) is 0. The maximum Gasteiger partial charge on any atom is 0.0623 e. The maximum absolute atomic E-state index is 9.83. The van der Waals surface area contributed by atoms with Crippen molar-refractivity contribution < 1.29 is 9.84 Å². The summed E-state index contributed by atoms with van der Waals surface area (Å²) in [6.07, 6.45) is 4.48. The fraction of sp³-hybridized carbons (Fsp3) is 1.00. The van der Waals surface area contributed by atoms with E-state index in [1.54, 1.807) is 0 Å². The predicted molar refractivity (Wildman–Crippen MR) is 50.6 cm³/mol. The number of hydrogen-bond acceptors (Lipinski definition) is 3. The van der Waals surface area contributed by atoms with Gasteiger partial charge in [0.1, 0.15) is 0 Å². The molecule has 3 heteroatoms. The highest BCUT2D eigenvalue weighted by Crippen LogP contribution is 2.27. The molecule has 1 saturated carbocycles. The number of aliphatic hydroxyl groups is 1. The van der Waals surface area contributed by atoms with E-state index in [9.17, 15) is 5.11 Å². The molecule has 2 fully saturated rings. The molecule has 13 heavy (non-hydrogen) atoms. The van der Waals surface area contributed by atoms with Gasteiger partial charge in [0.05, 0.1) is 19.3 Å². The lowest BCUT2D eigenvalue weighted by Crippen LogP contribution is -2.50. The largest absolute Gasteiger partial charge is 0.393 e. The van der Waals surface area contributed by atoms with Crippen molar-refractivity contribution in [2.75, 3.05) is 19.8 Å². The van der Waals surface area contributed by atoms with Crippen molar-refractivity contribution in [2.45, 2.75) is 37.8 Å². The van der Waals surface area contributed by atoms with Crippen molar-refractivity contribution in [3.63, 3.8) is 0 Å². The first-order chi connectivity index (χ1) is 6.38. The smallest absolute Gasteiger partial charge is 0.0623 e. The number of morpholine rings is 1. The van der Waals surface area contributed by atoms with Gasteiger partial charge in [0.25, 0.3) is 0 Å². The lowest BCUT2D eigenvalue weighted by Gasteiger charge is -2.36. The second kappa shape index (κ2) is 4.40. The van der Waals surface area contributed by atoms with Crippen LogP contribution in [0.4, 0.5) is 0 Å². The Hall–Kier alpha value is -0.120. The van der Waals surface area contributed by atoms with Crippen molar-refractivity contribution in [1.29, 1.82) is 0 Å². The first kappa shape index (κ1) is 9.44. The molecule has 1 saturated heterocycles. The van der Waals surface area contributed by atoms with Crippen LogP contribution in [0.3, 0.4) is 0 Å². The van der Waals surface area contributed by atoms with Crippen molar-refractivity contribution in [3.8, 4) is 0 Å². The van der Waals surface area contributed by atoms with Gasteiger partial charge in [0.2, 0.25) is 0 Å². The molecule has 3 atom stereocenters. The molecule has 76 valence electrons. The molecule has 0 aromatic rings. The van der Waals surface area contributed by atoms with E-state index in [0.29, 0.717) is 12.0 Å². The highest BCUT2D eigenvalue weighted by Gasteiger charge is 2.31. The van der Waals surface area contributed by atoms with Gasteiger partial charge in [0.15, 0.2) is 0 Å². The van der Waals surface area contributed by atoms with Gasteiger partial charge < -0.3 is 15.2 Å². The standard InChI is InChI=1S/C10H19NO2/c12-10-4-2-1-3-8(10)9-7-13-6-5-11-9/h8-12H,1-7H2. The average Bonchev–Trinajstić information content (AvgIpc) is 2.20. The van der Waals surface area contributed by atoms with Gasteiger partial charge in [-0.1, -0.05) is 12.8 Å². The first-order valence-electron chi connectivity index (χ1n) is 5.37. The fourth-order valence-electron chi connectivity index (χ4n) is 2.47. The molecular formula is C10H19NO2. The van der Waals surface area contributed by atoms with Crippen LogP contribution in [0.25, 0.3) is 0 Å². The summed E-state index contributed by atoms with van der Waals surface area (Å²) in [4.78, 5) is 0. The second-order valence-electron chi connectivity index (χ2n) is 4.15. The van der Waals surface area contributed by atoms with Crippen LogP contribution in [0, 0.1) is 5.92 Å². The number of hydrogen-bond donors (Lipinski definition) is 2. The molecule has 0 bridgehead atoms. The van der Waals surface area contributed by atoms with Crippen LogP contribution >= 0.6 is 0 Å². The topological polar surface area (TPSA) is 41.5 Å². The SMILES string of the molecule is OC1CCCCC1C1COCCN1. The number of rotatable bonds is 1. The molecule has 2 N–H and O–H groups in total.